The molecule has 0 aliphatic carbocycles. The first-order chi connectivity index (χ1) is 8.61. The predicted molar refractivity (Wildman–Crippen MR) is 72.3 cm³/mol. The van der Waals surface area contributed by atoms with Crippen molar-refractivity contribution >= 4 is 5.78 Å². The van der Waals surface area contributed by atoms with Crippen LogP contribution in [0, 0.1) is 13.8 Å². The van der Waals surface area contributed by atoms with Crippen molar-refractivity contribution in [1.29, 1.82) is 0 Å². The number of hydrogen-bond acceptors (Lipinski definition) is 2. The molecule has 0 saturated heterocycles. The summed E-state index contributed by atoms with van der Waals surface area (Å²) in [7, 11) is 1.58. The van der Waals surface area contributed by atoms with E-state index in [-0.39, 0.29) is 5.78 Å². The standard InChI is InChI=1S/C16H16O2/c1-11-4-7-13(8-5-11)16(17)14-10-12(2)6-9-15(14)18-3/h4-10H,1-3H3. The molecule has 0 N–H and O–H groups in total. The van der Waals surface area contributed by atoms with E-state index >= 15 is 0 Å². The van der Waals surface area contributed by atoms with Crippen molar-refractivity contribution in [3.05, 3.63) is 64.7 Å². The molecule has 0 atom stereocenters. The third-order valence-corrected chi connectivity index (χ3v) is 2.91. The number of aryl methyl sites for hydroxylation is 2. The molecular weight excluding hydrogens is 224 g/mol. The summed E-state index contributed by atoms with van der Waals surface area (Å²) in [5.41, 5.74) is 3.49. The van der Waals surface area contributed by atoms with E-state index in [2.05, 4.69) is 0 Å². The molecule has 92 valence electrons. The van der Waals surface area contributed by atoms with Gasteiger partial charge in [-0.1, -0.05) is 41.5 Å². The highest BCUT2D eigenvalue weighted by atomic mass is 16.5. The Morgan fingerprint density at radius 2 is 1.56 bits per heavy atom. The lowest BCUT2D eigenvalue weighted by atomic mass is 10.00. The second-order valence-electron chi connectivity index (χ2n) is 4.40. The van der Waals surface area contributed by atoms with E-state index in [1.165, 1.54) is 0 Å². The van der Waals surface area contributed by atoms with Crippen molar-refractivity contribution in [2.75, 3.05) is 7.11 Å². The molecule has 0 saturated carbocycles. The second-order valence-corrected chi connectivity index (χ2v) is 4.40. The molecule has 0 bridgehead atoms. The van der Waals surface area contributed by atoms with Crippen LogP contribution in [0.5, 0.6) is 5.75 Å². The Morgan fingerprint density at radius 1 is 0.944 bits per heavy atom. The van der Waals surface area contributed by atoms with Gasteiger partial charge >= 0.3 is 0 Å². The van der Waals surface area contributed by atoms with E-state index in [4.69, 9.17) is 4.74 Å². The van der Waals surface area contributed by atoms with Gasteiger partial charge in [0.15, 0.2) is 5.78 Å². The molecule has 0 aliphatic heterocycles. The number of benzene rings is 2. The average molecular weight is 240 g/mol. The van der Waals surface area contributed by atoms with Crippen molar-refractivity contribution < 1.29 is 9.53 Å². The first kappa shape index (κ1) is 12.4. The summed E-state index contributed by atoms with van der Waals surface area (Å²) < 4.78 is 5.25. The van der Waals surface area contributed by atoms with Gasteiger partial charge in [0.25, 0.3) is 0 Å². The van der Waals surface area contributed by atoms with Gasteiger partial charge < -0.3 is 4.74 Å². The molecular formula is C16H16O2. The van der Waals surface area contributed by atoms with Gasteiger partial charge in [0.2, 0.25) is 0 Å². The molecule has 2 rings (SSSR count). The number of ketones is 1. The second kappa shape index (κ2) is 5.05. The zero-order valence-corrected chi connectivity index (χ0v) is 10.9. The lowest BCUT2D eigenvalue weighted by Crippen LogP contribution is -2.04. The summed E-state index contributed by atoms with van der Waals surface area (Å²) in [5.74, 6) is 0.613. The first-order valence-corrected chi connectivity index (χ1v) is 5.88. The molecule has 0 amide bonds. The fourth-order valence-corrected chi connectivity index (χ4v) is 1.86. The summed E-state index contributed by atoms with van der Waals surface area (Å²) >= 11 is 0. The van der Waals surface area contributed by atoms with Gasteiger partial charge in [-0.25, -0.2) is 0 Å². The van der Waals surface area contributed by atoms with Crippen molar-refractivity contribution in [2.24, 2.45) is 0 Å². The van der Waals surface area contributed by atoms with Crippen LogP contribution in [0.2, 0.25) is 0 Å². The molecule has 0 heterocycles. The van der Waals surface area contributed by atoms with Crippen LogP contribution in [-0.2, 0) is 0 Å². The van der Waals surface area contributed by atoms with Crippen LogP contribution in [0.25, 0.3) is 0 Å². The minimum Gasteiger partial charge on any atom is -0.496 e. The number of rotatable bonds is 3. The van der Waals surface area contributed by atoms with E-state index in [1.807, 2.05) is 56.3 Å². The molecule has 0 radical (unpaired) electrons. The lowest BCUT2D eigenvalue weighted by Gasteiger charge is -2.08. The molecule has 0 aliphatic rings. The molecule has 0 unspecified atom stereocenters. The maximum absolute atomic E-state index is 12.4. The van der Waals surface area contributed by atoms with Gasteiger partial charge in [0.1, 0.15) is 5.75 Å². The summed E-state index contributed by atoms with van der Waals surface area (Å²) in [4.78, 5) is 12.4. The first-order valence-electron chi connectivity index (χ1n) is 5.88. The topological polar surface area (TPSA) is 26.3 Å². The van der Waals surface area contributed by atoms with Crippen LogP contribution in [0.3, 0.4) is 0 Å². The largest absolute Gasteiger partial charge is 0.496 e. The zero-order valence-electron chi connectivity index (χ0n) is 10.9. The maximum atomic E-state index is 12.4. The Labute approximate surface area is 107 Å². The Balaban J connectivity index is 2.45. The highest BCUT2D eigenvalue weighted by Gasteiger charge is 2.14. The number of hydrogen-bond donors (Lipinski definition) is 0. The minimum absolute atomic E-state index is 0.00412. The van der Waals surface area contributed by atoms with Gasteiger partial charge in [-0.05, 0) is 26.0 Å². The monoisotopic (exact) mass is 240 g/mol. The molecule has 2 heteroatoms. The zero-order chi connectivity index (χ0) is 13.1. The Bertz CT molecular complexity index is 568. The van der Waals surface area contributed by atoms with E-state index in [9.17, 15) is 4.79 Å². The van der Waals surface area contributed by atoms with Gasteiger partial charge in [-0.15, -0.1) is 0 Å². The van der Waals surface area contributed by atoms with Gasteiger partial charge in [0.05, 0.1) is 12.7 Å². The minimum atomic E-state index is -0.00412. The van der Waals surface area contributed by atoms with Gasteiger partial charge in [-0.3, -0.25) is 4.79 Å². The quantitative estimate of drug-likeness (QED) is 0.767. The highest BCUT2D eigenvalue weighted by molar-refractivity contribution is 6.10. The molecule has 0 aromatic heterocycles. The Kier molecular flexibility index (Phi) is 3.47. The molecule has 0 fully saturated rings. The number of ether oxygens (including phenoxy) is 1. The van der Waals surface area contributed by atoms with E-state index in [1.54, 1.807) is 7.11 Å². The Morgan fingerprint density at radius 3 is 2.17 bits per heavy atom. The van der Waals surface area contributed by atoms with Gasteiger partial charge in [0, 0.05) is 5.56 Å². The number of methoxy groups -OCH3 is 1. The fraction of sp³-hybridized carbons (Fsp3) is 0.188. The van der Waals surface area contributed by atoms with Crippen molar-refractivity contribution in [3.8, 4) is 5.75 Å². The Hall–Kier alpha value is -2.09. The van der Waals surface area contributed by atoms with Crippen LogP contribution in [0.4, 0.5) is 0 Å². The highest BCUT2D eigenvalue weighted by Crippen LogP contribution is 2.23. The van der Waals surface area contributed by atoms with Gasteiger partial charge in [-0.2, -0.15) is 0 Å². The van der Waals surface area contributed by atoms with Crippen molar-refractivity contribution in [2.45, 2.75) is 13.8 Å². The smallest absolute Gasteiger partial charge is 0.196 e. The summed E-state index contributed by atoms with van der Waals surface area (Å²) in [6, 6.07) is 13.2. The van der Waals surface area contributed by atoms with Crippen LogP contribution in [0.1, 0.15) is 27.0 Å². The lowest BCUT2D eigenvalue weighted by molar-refractivity contribution is 0.103. The number of carbonyl (C=O) groups is 1. The third kappa shape index (κ3) is 2.43. The normalized spacial score (nSPS) is 10.2. The SMILES string of the molecule is COc1ccc(C)cc1C(=O)c1ccc(C)cc1. The van der Waals surface area contributed by atoms with Crippen LogP contribution in [-0.4, -0.2) is 12.9 Å². The molecule has 2 aromatic carbocycles. The van der Waals surface area contributed by atoms with Crippen LogP contribution < -0.4 is 4.74 Å². The maximum Gasteiger partial charge on any atom is 0.196 e. The number of carbonyl (C=O) groups excluding carboxylic acids is 1. The van der Waals surface area contributed by atoms with E-state index in [0.717, 1.165) is 11.1 Å². The van der Waals surface area contributed by atoms with E-state index < -0.39 is 0 Å². The average Bonchev–Trinajstić information content (AvgIpc) is 2.39. The predicted octanol–water partition coefficient (Wildman–Crippen LogP) is 3.54. The molecule has 2 aromatic rings. The van der Waals surface area contributed by atoms with E-state index in [0.29, 0.717) is 16.9 Å². The summed E-state index contributed by atoms with van der Waals surface area (Å²) in [6.45, 7) is 3.97. The van der Waals surface area contributed by atoms with Crippen molar-refractivity contribution in [3.63, 3.8) is 0 Å². The molecule has 2 nitrogen and oxygen atoms in total. The fourth-order valence-electron chi connectivity index (χ4n) is 1.86. The van der Waals surface area contributed by atoms with Crippen LogP contribution >= 0.6 is 0 Å². The molecule has 18 heavy (non-hydrogen) atoms. The van der Waals surface area contributed by atoms with Crippen molar-refractivity contribution in [1.82, 2.24) is 0 Å². The molecule has 0 spiro atoms. The summed E-state index contributed by atoms with van der Waals surface area (Å²) in [5, 5.41) is 0. The van der Waals surface area contributed by atoms with Crippen LogP contribution in [0.15, 0.2) is 42.5 Å². The third-order valence-electron chi connectivity index (χ3n) is 2.91. The summed E-state index contributed by atoms with van der Waals surface area (Å²) in [6.07, 6.45) is 0.